The zero-order chi connectivity index (χ0) is 16.2. The molecular weight excluding hydrogens is 286 g/mol. The molecule has 3 rings (SSSR count). The molecule has 0 atom stereocenters. The molecule has 0 radical (unpaired) electrons. The Kier molecular flexibility index (Phi) is 4.42. The van der Waals surface area contributed by atoms with Gasteiger partial charge in [0, 0.05) is 17.8 Å². The van der Waals surface area contributed by atoms with Crippen molar-refractivity contribution in [3.8, 4) is 11.5 Å². The Labute approximate surface area is 136 Å². The van der Waals surface area contributed by atoms with Gasteiger partial charge in [0.25, 0.3) is 0 Å². The molecule has 0 aliphatic rings. The SMILES string of the molecule is CCN(Cc1nnc(-c2ccc(C)cc2)o1)c1cccc(C)c1. The lowest BCUT2D eigenvalue weighted by molar-refractivity contribution is 0.499. The largest absolute Gasteiger partial charge is 0.419 e. The summed E-state index contributed by atoms with van der Waals surface area (Å²) in [4.78, 5) is 2.22. The predicted molar refractivity (Wildman–Crippen MR) is 92.4 cm³/mol. The van der Waals surface area contributed by atoms with Crippen LogP contribution in [0.2, 0.25) is 0 Å². The summed E-state index contributed by atoms with van der Waals surface area (Å²) in [6, 6.07) is 16.5. The number of hydrogen-bond donors (Lipinski definition) is 0. The van der Waals surface area contributed by atoms with Crippen molar-refractivity contribution >= 4 is 5.69 Å². The molecule has 0 N–H and O–H groups in total. The fourth-order valence-electron chi connectivity index (χ4n) is 2.50. The standard InChI is InChI=1S/C19H21N3O/c1-4-22(17-7-5-6-15(3)12-17)13-18-20-21-19(23-18)16-10-8-14(2)9-11-16/h5-12H,4,13H2,1-3H3. The summed E-state index contributed by atoms with van der Waals surface area (Å²) in [5, 5.41) is 8.36. The molecule has 1 aromatic heterocycles. The van der Waals surface area contributed by atoms with Crippen LogP contribution in [0.1, 0.15) is 23.9 Å². The van der Waals surface area contributed by atoms with Gasteiger partial charge in [-0.3, -0.25) is 0 Å². The number of aryl methyl sites for hydroxylation is 2. The first kappa shape index (κ1) is 15.3. The van der Waals surface area contributed by atoms with Crippen molar-refractivity contribution in [2.24, 2.45) is 0 Å². The van der Waals surface area contributed by atoms with Crippen LogP contribution < -0.4 is 4.90 Å². The highest BCUT2D eigenvalue weighted by Crippen LogP contribution is 2.21. The number of hydrogen-bond acceptors (Lipinski definition) is 4. The Bertz CT molecular complexity index is 777. The fourth-order valence-corrected chi connectivity index (χ4v) is 2.50. The first-order valence-electron chi connectivity index (χ1n) is 7.86. The second-order valence-electron chi connectivity index (χ2n) is 5.72. The summed E-state index contributed by atoms with van der Waals surface area (Å²) in [7, 11) is 0. The van der Waals surface area contributed by atoms with E-state index in [9.17, 15) is 0 Å². The molecule has 0 unspecified atom stereocenters. The van der Waals surface area contributed by atoms with Crippen molar-refractivity contribution in [2.75, 3.05) is 11.4 Å². The van der Waals surface area contributed by atoms with Gasteiger partial charge in [-0.1, -0.05) is 29.8 Å². The Morgan fingerprint density at radius 3 is 2.43 bits per heavy atom. The average molecular weight is 307 g/mol. The molecule has 0 spiro atoms. The second-order valence-corrected chi connectivity index (χ2v) is 5.72. The summed E-state index contributed by atoms with van der Waals surface area (Å²) in [5.74, 6) is 1.20. The molecule has 0 bridgehead atoms. The van der Waals surface area contributed by atoms with Crippen molar-refractivity contribution in [1.29, 1.82) is 0 Å². The van der Waals surface area contributed by atoms with Gasteiger partial charge in [-0.05, 0) is 50.6 Å². The average Bonchev–Trinajstić information content (AvgIpc) is 3.02. The maximum absolute atomic E-state index is 5.83. The molecule has 0 saturated heterocycles. The maximum Gasteiger partial charge on any atom is 0.247 e. The summed E-state index contributed by atoms with van der Waals surface area (Å²) < 4.78 is 5.83. The van der Waals surface area contributed by atoms with Gasteiger partial charge in [-0.15, -0.1) is 10.2 Å². The highest BCUT2D eigenvalue weighted by atomic mass is 16.4. The first-order valence-corrected chi connectivity index (χ1v) is 7.86. The molecule has 2 aromatic carbocycles. The van der Waals surface area contributed by atoms with Crippen LogP contribution in [0.5, 0.6) is 0 Å². The third-order valence-corrected chi connectivity index (χ3v) is 3.84. The van der Waals surface area contributed by atoms with Crippen molar-refractivity contribution in [3.63, 3.8) is 0 Å². The minimum Gasteiger partial charge on any atom is -0.419 e. The molecule has 4 nitrogen and oxygen atoms in total. The number of benzene rings is 2. The number of aromatic nitrogens is 2. The lowest BCUT2D eigenvalue weighted by Gasteiger charge is -2.21. The van der Waals surface area contributed by atoms with Gasteiger partial charge in [0.1, 0.15) is 0 Å². The first-order chi connectivity index (χ1) is 11.2. The van der Waals surface area contributed by atoms with Crippen molar-refractivity contribution in [1.82, 2.24) is 10.2 Å². The lowest BCUT2D eigenvalue weighted by atomic mass is 10.1. The molecule has 3 aromatic rings. The second kappa shape index (κ2) is 6.65. The molecule has 0 saturated carbocycles. The minimum absolute atomic E-state index is 0.570. The highest BCUT2D eigenvalue weighted by Gasteiger charge is 2.12. The summed E-state index contributed by atoms with van der Waals surface area (Å²) in [6.07, 6.45) is 0. The van der Waals surface area contributed by atoms with E-state index in [0.29, 0.717) is 18.3 Å². The molecule has 0 amide bonds. The van der Waals surface area contributed by atoms with Crippen LogP contribution in [0, 0.1) is 13.8 Å². The Hall–Kier alpha value is -2.62. The van der Waals surface area contributed by atoms with Gasteiger partial charge in [-0.25, -0.2) is 0 Å². The van der Waals surface area contributed by atoms with Crippen molar-refractivity contribution in [3.05, 3.63) is 65.5 Å². The van der Waals surface area contributed by atoms with Crippen molar-refractivity contribution < 1.29 is 4.42 Å². The maximum atomic E-state index is 5.83. The van der Waals surface area contributed by atoms with Crippen molar-refractivity contribution in [2.45, 2.75) is 27.3 Å². The smallest absolute Gasteiger partial charge is 0.247 e. The van der Waals surface area contributed by atoms with Crippen LogP contribution >= 0.6 is 0 Å². The quantitative estimate of drug-likeness (QED) is 0.701. The molecule has 1 heterocycles. The Morgan fingerprint density at radius 1 is 0.957 bits per heavy atom. The van der Waals surface area contributed by atoms with E-state index in [1.54, 1.807) is 0 Å². The lowest BCUT2D eigenvalue weighted by Crippen LogP contribution is -2.22. The van der Waals surface area contributed by atoms with Gasteiger partial charge >= 0.3 is 0 Å². The molecular formula is C19H21N3O. The van der Waals surface area contributed by atoms with Crippen LogP contribution in [0.3, 0.4) is 0 Å². The summed E-state index contributed by atoms with van der Waals surface area (Å²) in [6.45, 7) is 7.77. The van der Waals surface area contributed by atoms with E-state index < -0.39 is 0 Å². The third-order valence-electron chi connectivity index (χ3n) is 3.84. The third kappa shape index (κ3) is 3.59. The predicted octanol–water partition coefficient (Wildman–Crippen LogP) is 4.38. The van der Waals surface area contributed by atoms with E-state index in [0.717, 1.165) is 12.1 Å². The molecule has 0 aliphatic carbocycles. The molecule has 118 valence electrons. The van der Waals surface area contributed by atoms with Crippen LogP contribution in [0.15, 0.2) is 52.9 Å². The normalized spacial score (nSPS) is 10.7. The van der Waals surface area contributed by atoms with E-state index in [1.165, 1.54) is 16.8 Å². The molecule has 0 aliphatic heterocycles. The van der Waals surface area contributed by atoms with Crippen LogP contribution in [0.25, 0.3) is 11.5 Å². The highest BCUT2D eigenvalue weighted by molar-refractivity contribution is 5.53. The summed E-state index contributed by atoms with van der Waals surface area (Å²) in [5.41, 5.74) is 4.58. The van der Waals surface area contributed by atoms with Gasteiger partial charge in [0.2, 0.25) is 11.8 Å². The number of anilines is 1. The van der Waals surface area contributed by atoms with Gasteiger partial charge in [0.05, 0.1) is 6.54 Å². The van der Waals surface area contributed by atoms with Gasteiger partial charge in [0.15, 0.2) is 0 Å². The van der Waals surface area contributed by atoms with Gasteiger partial charge in [-0.2, -0.15) is 0 Å². The van der Waals surface area contributed by atoms with E-state index in [4.69, 9.17) is 4.42 Å². The Morgan fingerprint density at radius 2 is 1.74 bits per heavy atom. The topological polar surface area (TPSA) is 42.2 Å². The number of rotatable bonds is 5. The Balaban J connectivity index is 1.78. The van der Waals surface area contributed by atoms with Crippen LogP contribution in [-0.2, 0) is 6.54 Å². The zero-order valence-electron chi connectivity index (χ0n) is 13.8. The summed E-state index contributed by atoms with van der Waals surface area (Å²) >= 11 is 0. The van der Waals surface area contributed by atoms with E-state index in [1.807, 2.05) is 24.3 Å². The molecule has 4 heteroatoms. The van der Waals surface area contributed by atoms with Crippen LogP contribution in [-0.4, -0.2) is 16.7 Å². The zero-order valence-corrected chi connectivity index (χ0v) is 13.8. The minimum atomic E-state index is 0.570. The number of nitrogens with zero attached hydrogens (tertiary/aromatic N) is 3. The van der Waals surface area contributed by atoms with E-state index in [2.05, 4.69) is 60.1 Å². The van der Waals surface area contributed by atoms with Gasteiger partial charge < -0.3 is 9.32 Å². The monoisotopic (exact) mass is 307 g/mol. The van der Waals surface area contributed by atoms with Crippen LogP contribution in [0.4, 0.5) is 5.69 Å². The molecule has 0 fully saturated rings. The fraction of sp³-hybridized carbons (Fsp3) is 0.263. The molecule has 23 heavy (non-hydrogen) atoms. The van der Waals surface area contributed by atoms with E-state index in [-0.39, 0.29) is 0 Å². The van der Waals surface area contributed by atoms with E-state index >= 15 is 0 Å².